The standard InChI is InChI=1S/C19H21N5O/c1-12-13(2)21-18-11-15(8-9-17(18)20-12)23-19(25)22-14-6-5-7-16(10-14)24(3)4/h5-11H,1-4H3,(H2,22,23,25). The number of benzene rings is 2. The number of carbonyl (C=O) groups is 1. The van der Waals surface area contributed by atoms with Crippen molar-refractivity contribution in [2.45, 2.75) is 13.8 Å². The highest BCUT2D eigenvalue weighted by Gasteiger charge is 2.07. The molecule has 6 heteroatoms. The molecule has 2 aromatic carbocycles. The third-order valence-electron chi connectivity index (χ3n) is 3.95. The zero-order chi connectivity index (χ0) is 18.0. The second-order valence-electron chi connectivity index (χ2n) is 6.12. The van der Waals surface area contributed by atoms with Crippen LogP contribution >= 0.6 is 0 Å². The summed E-state index contributed by atoms with van der Waals surface area (Å²) < 4.78 is 0. The van der Waals surface area contributed by atoms with E-state index in [0.29, 0.717) is 5.69 Å². The first-order valence-electron chi connectivity index (χ1n) is 8.03. The quantitative estimate of drug-likeness (QED) is 0.760. The maximum atomic E-state index is 12.2. The molecule has 2 N–H and O–H groups in total. The van der Waals surface area contributed by atoms with Gasteiger partial charge in [0.2, 0.25) is 0 Å². The van der Waals surface area contributed by atoms with Gasteiger partial charge in [0.15, 0.2) is 0 Å². The lowest BCUT2D eigenvalue weighted by Crippen LogP contribution is -2.19. The molecule has 3 rings (SSSR count). The molecule has 0 spiro atoms. The fourth-order valence-electron chi connectivity index (χ4n) is 2.46. The number of aryl methyl sites for hydroxylation is 2. The van der Waals surface area contributed by atoms with Gasteiger partial charge in [0.25, 0.3) is 0 Å². The van der Waals surface area contributed by atoms with E-state index in [-0.39, 0.29) is 6.03 Å². The summed E-state index contributed by atoms with van der Waals surface area (Å²) in [5.41, 5.74) is 5.79. The van der Waals surface area contributed by atoms with Gasteiger partial charge < -0.3 is 15.5 Å². The van der Waals surface area contributed by atoms with E-state index < -0.39 is 0 Å². The lowest BCUT2D eigenvalue weighted by Gasteiger charge is -2.14. The number of aromatic nitrogens is 2. The van der Waals surface area contributed by atoms with Gasteiger partial charge in [0, 0.05) is 31.2 Å². The van der Waals surface area contributed by atoms with E-state index in [1.807, 2.05) is 75.3 Å². The lowest BCUT2D eigenvalue weighted by atomic mass is 10.2. The average molecular weight is 335 g/mol. The van der Waals surface area contributed by atoms with Crippen molar-refractivity contribution >= 4 is 34.1 Å². The molecule has 3 aromatic rings. The van der Waals surface area contributed by atoms with Crippen LogP contribution < -0.4 is 15.5 Å². The maximum absolute atomic E-state index is 12.2. The van der Waals surface area contributed by atoms with Gasteiger partial charge in [-0.05, 0) is 50.2 Å². The maximum Gasteiger partial charge on any atom is 0.323 e. The normalized spacial score (nSPS) is 10.6. The SMILES string of the molecule is Cc1nc2ccc(NC(=O)Nc3cccc(N(C)C)c3)cc2nc1C. The van der Waals surface area contributed by atoms with Crippen molar-refractivity contribution in [1.29, 1.82) is 0 Å². The van der Waals surface area contributed by atoms with Gasteiger partial charge in [0.1, 0.15) is 0 Å². The fraction of sp³-hybridized carbons (Fsp3) is 0.211. The summed E-state index contributed by atoms with van der Waals surface area (Å²) in [4.78, 5) is 23.2. The monoisotopic (exact) mass is 335 g/mol. The number of fused-ring (bicyclic) bond motifs is 1. The Hall–Kier alpha value is -3.15. The van der Waals surface area contributed by atoms with E-state index in [4.69, 9.17) is 0 Å². The van der Waals surface area contributed by atoms with Gasteiger partial charge in [-0.1, -0.05) is 6.07 Å². The van der Waals surface area contributed by atoms with Crippen LogP contribution in [0.5, 0.6) is 0 Å². The average Bonchev–Trinajstić information content (AvgIpc) is 2.56. The number of nitrogens with zero attached hydrogens (tertiary/aromatic N) is 3. The number of hydrogen-bond donors (Lipinski definition) is 2. The zero-order valence-electron chi connectivity index (χ0n) is 14.8. The van der Waals surface area contributed by atoms with Gasteiger partial charge in [-0.2, -0.15) is 0 Å². The number of hydrogen-bond acceptors (Lipinski definition) is 4. The topological polar surface area (TPSA) is 70.2 Å². The minimum atomic E-state index is -0.299. The fourth-order valence-corrected chi connectivity index (χ4v) is 2.46. The Kier molecular flexibility index (Phi) is 4.52. The van der Waals surface area contributed by atoms with Crippen molar-refractivity contribution in [3.05, 3.63) is 53.9 Å². The summed E-state index contributed by atoms with van der Waals surface area (Å²) >= 11 is 0. The van der Waals surface area contributed by atoms with Crippen molar-refractivity contribution in [3.8, 4) is 0 Å². The Labute approximate surface area is 146 Å². The van der Waals surface area contributed by atoms with Crippen LogP contribution in [-0.4, -0.2) is 30.1 Å². The van der Waals surface area contributed by atoms with Crippen LogP contribution in [-0.2, 0) is 0 Å². The van der Waals surface area contributed by atoms with Crippen molar-refractivity contribution in [2.24, 2.45) is 0 Å². The first-order chi connectivity index (χ1) is 11.9. The Morgan fingerprint density at radius 2 is 1.52 bits per heavy atom. The predicted molar refractivity (Wildman–Crippen MR) is 102 cm³/mol. The van der Waals surface area contributed by atoms with Crippen LogP contribution in [0.1, 0.15) is 11.4 Å². The van der Waals surface area contributed by atoms with Crippen molar-refractivity contribution in [3.63, 3.8) is 0 Å². The third-order valence-corrected chi connectivity index (χ3v) is 3.95. The molecule has 0 aliphatic heterocycles. The largest absolute Gasteiger partial charge is 0.378 e. The molecule has 25 heavy (non-hydrogen) atoms. The van der Waals surface area contributed by atoms with Gasteiger partial charge in [0.05, 0.1) is 22.4 Å². The van der Waals surface area contributed by atoms with E-state index in [9.17, 15) is 4.79 Å². The predicted octanol–water partition coefficient (Wildman–Crippen LogP) is 3.96. The Morgan fingerprint density at radius 1 is 0.880 bits per heavy atom. The molecule has 0 saturated carbocycles. The molecule has 0 saturated heterocycles. The first kappa shape index (κ1) is 16.7. The van der Waals surface area contributed by atoms with Crippen molar-refractivity contribution < 1.29 is 4.79 Å². The minimum absolute atomic E-state index is 0.299. The summed E-state index contributed by atoms with van der Waals surface area (Å²) in [6, 6.07) is 12.9. The molecule has 0 fully saturated rings. The molecule has 0 unspecified atom stereocenters. The van der Waals surface area contributed by atoms with E-state index in [1.54, 1.807) is 0 Å². The number of carbonyl (C=O) groups excluding carboxylic acids is 1. The minimum Gasteiger partial charge on any atom is -0.378 e. The van der Waals surface area contributed by atoms with Crippen molar-refractivity contribution in [2.75, 3.05) is 29.6 Å². The highest BCUT2D eigenvalue weighted by atomic mass is 16.2. The van der Waals surface area contributed by atoms with Gasteiger partial charge in [-0.3, -0.25) is 0 Å². The smallest absolute Gasteiger partial charge is 0.323 e. The molecule has 0 aliphatic rings. The Morgan fingerprint density at radius 3 is 2.20 bits per heavy atom. The molecule has 1 aromatic heterocycles. The highest BCUT2D eigenvalue weighted by Crippen LogP contribution is 2.19. The van der Waals surface area contributed by atoms with E-state index >= 15 is 0 Å². The van der Waals surface area contributed by atoms with Crippen LogP contribution in [0.2, 0.25) is 0 Å². The van der Waals surface area contributed by atoms with E-state index in [0.717, 1.165) is 33.8 Å². The van der Waals surface area contributed by atoms with Crippen LogP contribution in [0.4, 0.5) is 21.9 Å². The van der Waals surface area contributed by atoms with Gasteiger partial charge >= 0.3 is 6.03 Å². The summed E-state index contributed by atoms with van der Waals surface area (Å²) in [6.07, 6.45) is 0. The summed E-state index contributed by atoms with van der Waals surface area (Å²) in [5, 5.41) is 5.68. The van der Waals surface area contributed by atoms with E-state index in [2.05, 4.69) is 20.6 Å². The van der Waals surface area contributed by atoms with Gasteiger partial charge in [-0.25, -0.2) is 14.8 Å². The lowest BCUT2D eigenvalue weighted by molar-refractivity contribution is 0.262. The second-order valence-corrected chi connectivity index (χ2v) is 6.12. The zero-order valence-corrected chi connectivity index (χ0v) is 14.8. The second kappa shape index (κ2) is 6.76. The molecule has 0 bridgehead atoms. The van der Waals surface area contributed by atoms with Crippen LogP contribution in [0.25, 0.3) is 11.0 Å². The summed E-state index contributed by atoms with van der Waals surface area (Å²) in [7, 11) is 3.91. The van der Waals surface area contributed by atoms with Crippen molar-refractivity contribution in [1.82, 2.24) is 9.97 Å². The summed E-state index contributed by atoms with van der Waals surface area (Å²) in [5.74, 6) is 0. The Bertz CT molecular complexity index is 936. The molecule has 0 radical (unpaired) electrons. The molecule has 0 aliphatic carbocycles. The Balaban J connectivity index is 1.75. The molecule has 1 heterocycles. The number of amides is 2. The summed E-state index contributed by atoms with van der Waals surface area (Å²) in [6.45, 7) is 3.86. The van der Waals surface area contributed by atoms with E-state index in [1.165, 1.54) is 0 Å². The molecular weight excluding hydrogens is 314 g/mol. The molecule has 6 nitrogen and oxygen atoms in total. The third kappa shape index (κ3) is 3.85. The number of urea groups is 1. The molecule has 0 atom stereocenters. The number of anilines is 3. The molecular formula is C19H21N5O. The van der Waals surface area contributed by atoms with Crippen LogP contribution in [0.3, 0.4) is 0 Å². The molecule has 128 valence electrons. The van der Waals surface area contributed by atoms with Crippen LogP contribution in [0, 0.1) is 13.8 Å². The number of nitrogens with one attached hydrogen (secondary N) is 2. The van der Waals surface area contributed by atoms with Crippen LogP contribution in [0.15, 0.2) is 42.5 Å². The highest BCUT2D eigenvalue weighted by molar-refractivity contribution is 6.01. The molecule has 2 amide bonds. The van der Waals surface area contributed by atoms with Gasteiger partial charge in [-0.15, -0.1) is 0 Å². The first-order valence-corrected chi connectivity index (χ1v) is 8.03. The number of rotatable bonds is 3.